The first kappa shape index (κ1) is 24.7. The number of nitrogens with zero attached hydrogens (tertiary/aromatic N) is 4. The molecular weight excluding hydrogens is 553 g/mol. The highest BCUT2D eigenvalue weighted by molar-refractivity contribution is 7.13. The fourth-order valence-electron chi connectivity index (χ4n) is 5.67. The Hall–Kier alpha value is -5.04. The standard InChI is InChI=1S/C36H22N4S2/c1-2-6-23(7-3-1)24-10-13-29-30(16-24)36(26-12-15-32(40-18-26)34-20-38-22-42-34)28-9-5-4-8-27(28)35(29)25-11-14-31(39-17-25)33-19-37-21-41-33/h1-22H. The normalized spacial score (nSPS) is 11.3. The van der Waals surface area contributed by atoms with Gasteiger partial charge < -0.3 is 0 Å². The molecule has 0 saturated heterocycles. The molecule has 0 aliphatic rings. The van der Waals surface area contributed by atoms with Crippen molar-refractivity contribution in [3.05, 3.63) is 133 Å². The Kier molecular flexibility index (Phi) is 6.13. The minimum Gasteiger partial charge on any atom is -0.255 e. The van der Waals surface area contributed by atoms with E-state index in [1.54, 1.807) is 22.7 Å². The molecule has 6 heteroatoms. The second-order valence-electron chi connectivity index (χ2n) is 10.0. The number of hydrogen-bond acceptors (Lipinski definition) is 6. The molecule has 4 aromatic heterocycles. The highest BCUT2D eigenvalue weighted by atomic mass is 32.1. The molecule has 0 aliphatic heterocycles. The molecule has 198 valence electrons. The van der Waals surface area contributed by atoms with E-state index in [4.69, 9.17) is 9.97 Å². The second kappa shape index (κ2) is 10.4. The number of pyridine rings is 2. The van der Waals surface area contributed by atoms with Crippen LogP contribution in [0, 0.1) is 0 Å². The van der Waals surface area contributed by atoms with Crippen molar-refractivity contribution in [2.75, 3.05) is 0 Å². The average molecular weight is 575 g/mol. The second-order valence-corrected chi connectivity index (χ2v) is 11.8. The zero-order valence-electron chi connectivity index (χ0n) is 22.3. The van der Waals surface area contributed by atoms with E-state index < -0.39 is 0 Å². The summed E-state index contributed by atoms with van der Waals surface area (Å²) in [6, 6.07) is 34.6. The summed E-state index contributed by atoms with van der Waals surface area (Å²) in [6.07, 6.45) is 7.72. The monoisotopic (exact) mass is 574 g/mol. The van der Waals surface area contributed by atoms with E-state index >= 15 is 0 Å². The Bertz CT molecular complexity index is 2150. The van der Waals surface area contributed by atoms with Gasteiger partial charge >= 0.3 is 0 Å². The summed E-state index contributed by atoms with van der Waals surface area (Å²) in [6.45, 7) is 0. The van der Waals surface area contributed by atoms with Crippen molar-refractivity contribution >= 4 is 44.2 Å². The van der Waals surface area contributed by atoms with E-state index in [0.717, 1.165) is 32.3 Å². The van der Waals surface area contributed by atoms with E-state index in [1.165, 1.54) is 43.8 Å². The van der Waals surface area contributed by atoms with Gasteiger partial charge in [0, 0.05) is 35.9 Å². The number of hydrogen-bond donors (Lipinski definition) is 0. The third-order valence-corrected chi connectivity index (χ3v) is 9.20. The number of thiazole rings is 2. The van der Waals surface area contributed by atoms with Crippen molar-refractivity contribution in [3.8, 4) is 54.5 Å². The fraction of sp³-hybridized carbons (Fsp3) is 0. The van der Waals surface area contributed by atoms with Gasteiger partial charge in [-0.05, 0) is 62.0 Å². The van der Waals surface area contributed by atoms with Crippen molar-refractivity contribution in [2.24, 2.45) is 0 Å². The van der Waals surface area contributed by atoms with E-state index in [0.29, 0.717) is 0 Å². The van der Waals surface area contributed by atoms with Crippen molar-refractivity contribution in [3.63, 3.8) is 0 Å². The molecule has 0 N–H and O–H groups in total. The quantitative estimate of drug-likeness (QED) is 0.192. The minimum absolute atomic E-state index is 0.934. The molecule has 0 radical (unpaired) electrons. The lowest BCUT2D eigenvalue weighted by atomic mass is 9.85. The Morgan fingerprint density at radius 3 is 1.45 bits per heavy atom. The summed E-state index contributed by atoms with van der Waals surface area (Å²) in [5.74, 6) is 0. The summed E-state index contributed by atoms with van der Waals surface area (Å²) >= 11 is 3.20. The van der Waals surface area contributed by atoms with Crippen LogP contribution in [-0.2, 0) is 0 Å². The van der Waals surface area contributed by atoms with Crippen LogP contribution < -0.4 is 0 Å². The van der Waals surface area contributed by atoms with Crippen molar-refractivity contribution < 1.29 is 0 Å². The largest absolute Gasteiger partial charge is 0.255 e. The first-order valence-corrected chi connectivity index (χ1v) is 15.3. The van der Waals surface area contributed by atoms with Gasteiger partial charge in [0.2, 0.25) is 0 Å². The molecule has 0 fully saturated rings. The Balaban J connectivity index is 1.40. The first-order chi connectivity index (χ1) is 20.8. The SMILES string of the molecule is c1ccc(-c2ccc3c(-c4ccc(-c5cncs5)nc4)c4ccccc4c(-c4ccc(-c5cncs5)nc4)c3c2)cc1. The predicted molar refractivity (Wildman–Crippen MR) is 176 cm³/mol. The van der Waals surface area contributed by atoms with Crippen LogP contribution in [0.5, 0.6) is 0 Å². The molecule has 0 spiro atoms. The molecule has 0 amide bonds. The molecule has 4 aromatic carbocycles. The van der Waals surface area contributed by atoms with Crippen molar-refractivity contribution in [1.82, 2.24) is 19.9 Å². The Labute approximate surface area is 250 Å². The summed E-state index contributed by atoms with van der Waals surface area (Å²) in [5.41, 5.74) is 12.5. The smallest absolute Gasteiger partial charge is 0.0818 e. The van der Waals surface area contributed by atoms with E-state index in [9.17, 15) is 0 Å². The highest BCUT2D eigenvalue weighted by Crippen LogP contribution is 2.45. The molecule has 0 unspecified atom stereocenters. The van der Waals surface area contributed by atoms with Gasteiger partial charge in [0.25, 0.3) is 0 Å². The maximum absolute atomic E-state index is 4.86. The van der Waals surface area contributed by atoms with Crippen LogP contribution in [0.15, 0.2) is 133 Å². The summed E-state index contributed by atoms with van der Waals surface area (Å²) in [7, 11) is 0. The molecule has 0 saturated carbocycles. The maximum Gasteiger partial charge on any atom is 0.0818 e. The molecule has 0 atom stereocenters. The molecule has 8 rings (SSSR count). The first-order valence-electron chi connectivity index (χ1n) is 13.6. The van der Waals surface area contributed by atoms with Gasteiger partial charge in [0.1, 0.15) is 0 Å². The average Bonchev–Trinajstić information content (AvgIpc) is 3.80. The van der Waals surface area contributed by atoms with Crippen LogP contribution in [0.25, 0.3) is 76.1 Å². The zero-order valence-corrected chi connectivity index (χ0v) is 23.9. The highest BCUT2D eigenvalue weighted by Gasteiger charge is 2.18. The Morgan fingerprint density at radius 2 is 0.929 bits per heavy atom. The molecule has 0 bridgehead atoms. The third kappa shape index (κ3) is 4.29. The van der Waals surface area contributed by atoms with Gasteiger partial charge in [-0.2, -0.15) is 0 Å². The number of fused-ring (bicyclic) bond motifs is 2. The zero-order chi connectivity index (χ0) is 27.9. The number of benzene rings is 4. The van der Waals surface area contributed by atoms with Gasteiger partial charge in [-0.15, -0.1) is 22.7 Å². The van der Waals surface area contributed by atoms with Crippen LogP contribution in [-0.4, -0.2) is 19.9 Å². The summed E-state index contributed by atoms with van der Waals surface area (Å²) in [4.78, 5) is 20.3. The van der Waals surface area contributed by atoms with Gasteiger partial charge in [-0.1, -0.05) is 78.9 Å². The van der Waals surface area contributed by atoms with Crippen LogP contribution >= 0.6 is 22.7 Å². The summed E-state index contributed by atoms with van der Waals surface area (Å²) in [5, 5.41) is 4.74. The van der Waals surface area contributed by atoms with Crippen molar-refractivity contribution in [2.45, 2.75) is 0 Å². The maximum atomic E-state index is 4.86. The predicted octanol–water partition coefficient (Wildman–Crippen LogP) is 10.0. The summed E-state index contributed by atoms with van der Waals surface area (Å²) < 4.78 is 0. The van der Waals surface area contributed by atoms with E-state index in [2.05, 4.69) is 107 Å². The third-order valence-electron chi connectivity index (χ3n) is 7.60. The Morgan fingerprint density at radius 1 is 0.405 bits per heavy atom. The van der Waals surface area contributed by atoms with Gasteiger partial charge in [-0.25, -0.2) is 0 Å². The van der Waals surface area contributed by atoms with E-state index in [-0.39, 0.29) is 0 Å². The molecule has 4 nitrogen and oxygen atoms in total. The van der Waals surface area contributed by atoms with Gasteiger partial charge in [-0.3, -0.25) is 19.9 Å². The topological polar surface area (TPSA) is 51.6 Å². The number of rotatable bonds is 5. The lowest BCUT2D eigenvalue weighted by Gasteiger charge is -2.18. The lowest BCUT2D eigenvalue weighted by molar-refractivity contribution is 1.33. The molecule has 8 aromatic rings. The van der Waals surface area contributed by atoms with Gasteiger partial charge in [0.05, 0.1) is 32.2 Å². The minimum atomic E-state index is 0.934. The number of aromatic nitrogens is 4. The fourth-order valence-corrected chi connectivity index (χ4v) is 6.87. The van der Waals surface area contributed by atoms with Crippen molar-refractivity contribution in [1.29, 1.82) is 0 Å². The molecular formula is C36H22N4S2. The van der Waals surface area contributed by atoms with Crippen LogP contribution in [0.3, 0.4) is 0 Å². The molecule has 0 aliphatic carbocycles. The van der Waals surface area contributed by atoms with Crippen LogP contribution in [0.4, 0.5) is 0 Å². The molecule has 4 heterocycles. The van der Waals surface area contributed by atoms with Gasteiger partial charge in [0.15, 0.2) is 0 Å². The van der Waals surface area contributed by atoms with Crippen LogP contribution in [0.1, 0.15) is 0 Å². The van der Waals surface area contributed by atoms with Crippen LogP contribution in [0.2, 0.25) is 0 Å². The lowest BCUT2D eigenvalue weighted by Crippen LogP contribution is -1.93. The van der Waals surface area contributed by atoms with E-state index in [1.807, 2.05) is 35.8 Å². The molecule has 42 heavy (non-hydrogen) atoms.